The molecule has 4 rings (SSSR count). The van der Waals surface area contributed by atoms with Crippen LogP contribution in [0, 0.1) is 13.8 Å². The van der Waals surface area contributed by atoms with Crippen LogP contribution in [0.3, 0.4) is 0 Å². The third-order valence-electron chi connectivity index (χ3n) is 6.81. The Hall–Kier alpha value is -3.39. The van der Waals surface area contributed by atoms with Crippen molar-refractivity contribution in [3.63, 3.8) is 0 Å². The fraction of sp³-hybridized carbons (Fsp3) is 0.444. The zero-order chi connectivity index (χ0) is 24.9. The van der Waals surface area contributed by atoms with Crippen molar-refractivity contribution in [1.82, 2.24) is 20.7 Å². The van der Waals surface area contributed by atoms with Crippen LogP contribution in [-0.4, -0.2) is 67.7 Å². The van der Waals surface area contributed by atoms with Gasteiger partial charge in [-0.3, -0.25) is 9.59 Å². The number of carbonyl (C=O) groups is 2. The summed E-state index contributed by atoms with van der Waals surface area (Å²) in [6, 6.07) is 12.4. The van der Waals surface area contributed by atoms with Crippen molar-refractivity contribution in [2.24, 2.45) is 0 Å². The molecule has 0 unspecified atom stereocenters. The van der Waals surface area contributed by atoms with Crippen LogP contribution in [0.5, 0.6) is 0 Å². The number of amides is 2. The van der Waals surface area contributed by atoms with E-state index in [9.17, 15) is 9.59 Å². The van der Waals surface area contributed by atoms with Gasteiger partial charge in [-0.25, -0.2) is 0 Å². The first-order valence-corrected chi connectivity index (χ1v) is 12.3. The topological polar surface area (TPSA) is 90.7 Å². The van der Waals surface area contributed by atoms with Gasteiger partial charge >= 0.3 is 0 Å². The van der Waals surface area contributed by atoms with Gasteiger partial charge in [0.05, 0.1) is 18.8 Å². The standard InChI is InChI=1S/C27H35N5O3/c1-5-28-10-11-29-26(33)16-32(24-15-25-23(12-18(24)2)19(3)30-35-25)17-27(34)31(4)22-13-20-8-6-7-9-21(20)14-22/h6-9,12,15,22,28H,5,10-11,13-14,16-17H2,1-4H3,(H,29,33). The van der Waals surface area contributed by atoms with Gasteiger partial charge in [0.25, 0.3) is 0 Å². The monoisotopic (exact) mass is 477 g/mol. The van der Waals surface area contributed by atoms with E-state index in [1.54, 1.807) is 0 Å². The van der Waals surface area contributed by atoms with E-state index in [1.807, 2.05) is 61.9 Å². The van der Waals surface area contributed by atoms with Crippen LogP contribution in [0.2, 0.25) is 0 Å². The Kier molecular flexibility index (Phi) is 7.70. The molecule has 0 fully saturated rings. The van der Waals surface area contributed by atoms with E-state index in [0.717, 1.165) is 41.7 Å². The quantitative estimate of drug-likeness (QED) is 0.436. The fourth-order valence-corrected chi connectivity index (χ4v) is 4.75. The Morgan fingerprint density at radius 2 is 1.80 bits per heavy atom. The number of hydrogen-bond donors (Lipinski definition) is 2. The summed E-state index contributed by atoms with van der Waals surface area (Å²) in [5.41, 5.74) is 5.83. The maximum Gasteiger partial charge on any atom is 0.242 e. The predicted molar refractivity (Wildman–Crippen MR) is 138 cm³/mol. The Bertz CT molecular complexity index is 1180. The van der Waals surface area contributed by atoms with E-state index in [-0.39, 0.29) is 30.9 Å². The van der Waals surface area contributed by atoms with Crippen molar-refractivity contribution in [1.29, 1.82) is 0 Å². The number of nitrogens with zero attached hydrogens (tertiary/aromatic N) is 3. The first-order valence-electron chi connectivity index (χ1n) is 12.3. The van der Waals surface area contributed by atoms with Crippen LogP contribution in [0.25, 0.3) is 11.0 Å². The van der Waals surface area contributed by atoms with Crippen LogP contribution < -0.4 is 15.5 Å². The molecule has 1 aromatic heterocycles. The molecule has 2 N–H and O–H groups in total. The minimum atomic E-state index is -0.125. The lowest BCUT2D eigenvalue weighted by Gasteiger charge is -2.30. The second-order valence-corrected chi connectivity index (χ2v) is 9.30. The van der Waals surface area contributed by atoms with Crippen LogP contribution in [0.1, 0.15) is 29.3 Å². The van der Waals surface area contributed by atoms with Crippen molar-refractivity contribution in [3.05, 3.63) is 58.8 Å². The van der Waals surface area contributed by atoms with E-state index >= 15 is 0 Å². The average Bonchev–Trinajstić information content (AvgIpc) is 3.44. The van der Waals surface area contributed by atoms with Crippen molar-refractivity contribution in [2.45, 2.75) is 39.7 Å². The molecule has 0 aliphatic heterocycles. The van der Waals surface area contributed by atoms with E-state index in [4.69, 9.17) is 4.52 Å². The Labute approximate surface area is 206 Å². The number of anilines is 1. The lowest BCUT2D eigenvalue weighted by molar-refractivity contribution is -0.130. The maximum absolute atomic E-state index is 13.4. The first-order chi connectivity index (χ1) is 16.9. The number of hydrogen-bond acceptors (Lipinski definition) is 6. The smallest absolute Gasteiger partial charge is 0.242 e. The van der Waals surface area contributed by atoms with Crippen molar-refractivity contribution in [3.8, 4) is 0 Å². The number of nitrogens with one attached hydrogen (secondary N) is 2. The van der Waals surface area contributed by atoms with Gasteiger partial charge < -0.3 is 25.0 Å². The minimum Gasteiger partial charge on any atom is -0.356 e. The van der Waals surface area contributed by atoms with Gasteiger partial charge in [-0.05, 0) is 56.0 Å². The molecule has 8 nitrogen and oxygen atoms in total. The number of carbonyl (C=O) groups excluding carboxylic acids is 2. The lowest BCUT2D eigenvalue weighted by Crippen LogP contribution is -2.47. The number of benzene rings is 2. The van der Waals surface area contributed by atoms with E-state index < -0.39 is 0 Å². The van der Waals surface area contributed by atoms with Gasteiger partial charge in [-0.2, -0.15) is 0 Å². The molecule has 35 heavy (non-hydrogen) atoms. The molecule has 1 aliphatic rings. The number of fused-ring (bicyclic) bond motifs is 2. The number of likely N-dealkylation sites (N-methyl/N-ethyl adjacent to an activating group) is 2. The summed E-state index contributed by atoms with van der Waals surface area (Å²) < 4.78 is 5.48. The molecular weight excluding hydrogens is 442 g/mol. The SMILES string of the molecule is CCNCCNC(=O)CN(CC(=O)N(C)C1Cc2ccccc2C1)c1cc2onc(C)c2cc1C. The second-order valence-electron chi connectivity index (χ2n) is 9.30. The summed E-state index contributed by atoms with van der Waals surface area (Å²) in [5, 5.41) is 11.1. The molecule has 0 bridgehead atoms. The fourth-order valence-electron chi connectivity index (χ4n) is 4.75. The molecule has 2 aromatic carbocycles. The zero-order valence-corrected chi connectivity index (χ0v) is 21.1. The molecule has 0 radical (unpaired) electrons. The maximum atomic E-state index is 13.4. The highest BCUT2D eigenvalue weighted by Gasteiger charge is 2.29. The van der Waals surface area contributed by atoms with Crippen molar-refractivity contribution in [2.75, 3.05) is 44.7 Å². The Morgan fingerprint density at radius 3 is 2.49 bits per heavy atom. The van der Waals surface area contributed by atoms with Gasteiger partial charge in [0, 0.05) is 43.3 Å². The molecule has 3 aromatic rings. The zero-order valence-electron chi connectivity index (χ0n) is 21.1. The van der Waals surface area contributed by atoms with Gasteiger partial charge in [0.15, 0.2) is 5.58 Å². The molecular formula is C27H35N5O3. The predicted octanol–water partition coefficient (Wildman–Crippen LogP) is 2.60. The normalized spacial score (nSPS) is 13.1. The van der Waals surface area contributed by atoms with Crippen LogP contribution in [0.15, 0.2) is 40.9 Å². The molecule has 0 spiro atoms. The molecule has 0 atom stereocenters. The molecule has 186 valence electrons. The van der Waals surface area contributed by atoms with E-state index in [0.29, 0.717) is 18.7 Å². The van der Waals surface area contributed by atoms with Gasteiger partial charge in [-0.15, -0.1) is 0 Å². The van der Waals surface area contributed by atoms with E-state index in [1.165, 1.54) is 11.1 Å². The average molecular weight is 478 g/mol. The molecule has 2 amide bonds. The van der Waals surface area contributed by atoms with Gasteiger partial charge in [0.2, 0.25) is 11.8 Å². The highest BCUT2D eigenvalue weighted by atomic mass is 16.5. The molecule has 8 heteroatoms. The van der Waals surface area contributed by atoms with Crippen molar-refractivity contribution < 1.29 is 14.1 Å². The number of aromatic nitrogens is 1. The summed E-state index contributed by atoms with van der Waals surface area (Å²) in [6.07, 6.45) is 1.71. The highest BCUT2D eigenvalue weighted by Crippen LogP contribution is 2.29. The first kappa shape index (κ1) is 24.7. The van der Waals surface area contributed by atoms with Crippen LogP contribution >= 0.6 is 0 Å². The third-order valence-corrected chi connectivity index (χ3v) is 6.81. The largest absolute Gasteiger partial charge is 0.356 e. The minimum absolute atomic E-state index is 0.0171. The highest BCUT2D eigenvalue weighted by molar-refractivity contribution is 5.90. The van der Waals surface area contributed by atoms with Crippen LogP contribution in [0.4, 0.5) is 5.69 Å². The Morgan fingerprint density at radius 1 is 1.09 bits per heavy atom. The lowest BCUT2D eigenvalue weighted by atomic mass is 10.1. The molecule has 0 saturated heterocycles. The Balaban J connectivity index is 1.52. The van der Waals surface area contributed by atoms with Crippen LogP contribution in [-0.2, 0) is 22.4 Å². The van der Waals surface area contributed by atoms with Crippen molar-refractivity contribution >= 4 is 28.5 Å². The third kappa shape index (κ3) is 5.65. The molecule has 1 heterocycles. The molecule has 0 saturated carbocycles. The van der Waals surface area contributed by atoms with Gasteiger partial charge in [0.1, 0.15) is 0 Å². The summed E-state index contributed by atoms with van der Waals surface area (Å²) >= 11 is 0. The number of rotatable bonds is 10. The number of aryl methyl sites for hydroxylation is 2. The molecule has 1 aliphatic carbocycles. The summed E-state index contributed by atoms with van der Waals surface area (Å²) in [5.74, 6) is -0.142. The van der Waals surface area contributed by atoms with E-state index in [2.05, 4.69) is 27.9 Å². The summed E-state index contributed by atoms with van der Waals surface area (Å²) in [4.78, 5) is 29.9. The summed E-state index contributed by atoms with van der Waals surface area (Å²) in [6.45, 7) is 8.18. The second kappa shape index (κ2) is 10.9. The van der Waals surface area contributed by atoms with Gasteiger partial charge in [-0.1, -0.05) is 36.3 Å². The summed E-state index contributed by atoms with van der Waals surface area (Å²) in [7, 11) is 1.86.